The summed E-state index contributed by atoms with van der Waals surface area (Å²) in [6, 6.07) is 8.02. The highest BCUT2D eigenvalue weighted by Crippen LogP contribution is 2.15. The molecule has 0 atom stereocenters. The number of methoxy groups -OCH3 is 1. The lowest BCUT2D eigenvalue weighted by molar-refractivity contribution is -0.907. The third kappa shape index (κ3) is 5.99. The monoisotopic (exact) mass is 419 g/mol. The number of thiocarbonyl (C=S) groups is 1. The number of nitrogens with one attached hydrogen (secondary N) is 3. The van der Waals surface area contributed by atoms with Crippen molar-refractivity contribution in [2.45, 2.75) is 13.5 Å². The van der Waals surface area contributed by atoms with Crippen LogP contribution in [0, 0.1) is 6.92 Å². The molecule has 1 aromatic heterocycles. The minimum atomic E-state index is -0.0600. The summed E-state index contributed by atoms with van der Waals surface area (Å²) >= 11 is 5.63. The third-order valence-corrected chi connectivity index (χ3v) is 5.73. The van der Waals surface area contributed by atoms with Gasteiger partial charge >= 0.3 is 0 Å². The first kappa shape index (κ1) is 21.7. The van der Waals surface area contributed by atoms with Crippen LogP contribution in [0.3, 0.4) is 0 Å². The quantitative estimate of drug-likeness (QED) is 0.416. The van der Waals surface area contributed by atoms with Crippen LogP contribution in [0.4, 0.5) is 0 Å². The van der Waals surface area contributed by atoms with E-state index in [2.05, 4.69) is 15.2 Å². The largest absolute Gasteiger partial charge is 0.383 e. The molecule has 1 aliphatic rings. The number of benzene rings is 1. The number of ether oxygens (including phenoxy) is 2. The molecule has 158 valence electrons. The Hall–Kier alpha value is -2.00. The van der Waals surface area contributed by atoms with Crippen LogP contribution in [0.25, 0.3) is 10.9 Å². The zero-order chi connectivity index (χ0) is 20.6. The fourth-order valence-corrected chi connectivity index (χ4v) is 3.84. The molecule has 0 radical (unpaired) electrons. The first-order chi connectivity index (χ1) is 14.1. The van der Waals surface area contributed by atoms with Crippen molar-refractivity contribution in [2.24, 2.45) is 0 Å². The zero-order valence-electron chi connectivity index (χ0n) is 17.3. The smallest absolute Gasteiger partial charge is 0.253 e. The molecule has 0 unspecified atom stereocenters. The summed E-state index contributed by atoms with van der Waals surface area (Å²) in [5.74, 6) is 0. The van der Waals surface area contributed by atoms with Crippen LogP contribution in [-0.4, -0.2) is 74.7 Å². The minimum absolute atomic E-state index is 0.0600. The van der Waals surface area contributed by atoms with Gasteiger partial charge in [0.1, 0.15) is 13.1 Å². The molecule has 3 N–H and O–H groups in total. The predicted octanol–water partition coefficient (Wildman–Crippen LogP) is 0.0745. The topological polar surface area (TPSA) is 71.0 Å². The van der Waals surface area contributed by atoms with Gasteiger partial charge in [-0.05, 0) is 36.2 Å². The highest BCUT2D eigenvalue weighted by atomic mass is 32.1. The van der Waals surface area contributed by atoms with E-state index in [1.165, 1.54) is 4.90 Å². The third-order valence-electron chi connectivity index (χ3n) is 5.33. The van der Waals surface area contributed by atoms with Gasteiger partial charge in [-0.25, -0.2) is 0 Å². The van der Waals surface area contributed by atoms with Crippen LogP contribution < -0.4 is 15.8 Å². The highest BCUT2D eigenvalue weighted by Gasteiger charge is 2.18. The molecule has 2 heterocycles. The summed E-state index contributed by atoms with van der Waals surface area (Å²) < 4.78 is 10.6. The molecule has 3 rings (SSSR count). The molecule has 0 saturated carbocycles. The van der Waals surface area contributed by atoms with Gasteiger partial charge in [-0.1, -0.05) is 18.2 Å². The molecule has 0 spiro atoms. The Morgan fingerprint density at radius 1 is 1.38 bits per heavy atom. The number of nitrogens with zero attached hydrogens (tertiary/aromatic N) is 1. The number of fused-ring (bicyclic) bond motifs is 1. The van der Waals surface area contributed by atoms with Crippen LogP contribution in [-0.2, 0) is 16.0 Å². The molecular weight excluding hydrogens is 388 g/mol. The van der Waals surface area contributed by atoms with Gasteiger partial charge < -0.3 is 29.6 Å². The lowest BCUT2D eigenvalue weighted by Crippen LogP contribution is -3.14. The molecule has 0 bridgehead atoms. The number of hydrogen-bond donors (Lipinski definition) is 3. The van der Waals surface area contributed by atoms with Crippen LogP contribution in [0.2, 0.25) is 0 Å². The van der Waals surface area contributed by atoms with E-state index in [1.807, 2.05) is 31.2 Å². The van der Waals surface area contributed by atoms with Crippen molar-refractivity contribution in [3.63, 3.8) is 0 Å². The van der Waals surface area contributed by atoms with Crippen molar-refractivity contribution in [2.75, 3.05) is 59.7 Å². The number of H-pyrrole nitrogens is 1. The standard InChI is InChI=1S/C21H30N4O3S/c1-16-4-3-5-17-14-18(20(26)23-19(16)17)15-25(21(29)22-6-11-27-2)8-7-24-9-12-28-13-10-24/h3-5,14H,6-13,15H2,1-2H3,(H,22,29)(H,23,26)/p+1. The van der Waals surface area contributed by atoms with Gasteiger partial charge in [-0.3, -0.25) is 4.79 Å². The Morgan fingerprint density at radius 3 is 2.93 bits per heavy atom. The van der Waals surface area contributed by atoms with Crippen LogP contribution in [0.5, 0.6) is 0 Å². The molecule has 29 heavy (non-hydrogen) atoms. The number of rotatable bonds is 8. The predicted molar refractivity (Wildman–Crippen MR) is 119 cm³/mol. The number of quaternary nitrogens is 1. The average Bonchev–Trinajstić information content (AvgIpc) is 2.73. The lowest BCUT2D eigenvalue weighted by atomic mass is 10.1. The Balaban J connectivity index is 1.75. The summed E-state index contributed by atoms with van der Waals surface area (Å²) in [7, 11) is 1.67. The fraction of sp³-hybridized carbons (Fsp3) is 0.524. The lowest BCUT2D eigenvalue weighted by Gasteiger charge is -2.29. The normalized spacial score (nSPS) is 14.8. The Morgan fingerprint density at radius 2 is 2.17 bits per heavy atom. The molecule has 7 nitrogen and oxygen atoms in total. The summed E-state index contributed by atoms with van der Waals surface area (Å²) in [5.41, 5.74) is 2.62. The second-order valence-corrected chi connectivity index (χ2v) is 7.81. The number of hydrogen-bond acceptors (Lipinski definition) is 4. The summed E-state index contributed by atoms with van der Waals surface area (Å²) in [6.45, 7) is 9.06. The van der Waals surface area contributed by atoms with Crippen molar-refractivity contribution in [1.82, 2.24) is 15.2 Å². The van der Waals surface area contributed by atoms with Crippen molar-refractivity contribution in [1.29, 1.82) is 0 Å². The van der Waals surface area contributed by atoms with Gasteiger partial charge in [-0.2, -0.15) is 0 Å². The maximum Gasteiger partial charge on any atom is 0.253 e. The van der Waals surface area contributed by atoms with Crippen molar-refractivity contribution < 1.29 is 14.4 Å². The van der Waals surface area contributed by atoms with Gasteiger partial charge in [0.15, 0.2) is 5.11 Å². The molecule has 0 aliphatic carbocycles. The van der Waals surface area contributed by atoms with Gasteiger partial charge in [-0.15, -0.1) is 0 Å². The minimum Gasteiger partial charge on any atom is -0.383 e. The zero-order valence-corrected chi connectivity index (χ0v) is 18.1. The van der Waals surface area contributed by atoms with Crippen LogP contribution in [0.1, 0.15) is 11.1 Å². The van der Waals surface area contributed by atoms with Crippen LogP contribution in [0.15, 0.2) is 29.1 Å². The number of pyridine rings is 1. The highest BCUT2D eigenvalue weighted by molar-refractivity contribution is 7.80. The molecule has 0 amide bonds. The number of aromatic amines is 1. The summed E-state index contributed by atoms with van der Waals surface area (Å²) in [5, 5.41) is 4.93. The summed E-state index contributed by atoms with van der Waals surface area (Å²) in [6.07, 6.45) is 0. The number of aryl methyl sites for hydroxylation is 1. The average molecular weight is 420 g/mol. The number of aromatic nitrogens is 1. The molecule has 1 aromatic carbocycles. The van der Waals surface area contributed by atoms with Gasteiger partial charge in [0, 0.05) is 19.2 Å². The molecule has 2 aromatic rings. The van der Waals surface area contributed by atoms with Gasteiger partial charge in [0.25, 0.3) is 5.56 Å². The van der Waals surface area contributed by atoms with E-state index in [1.54, 1.807) is 7.11 Å². The molecular formula is C21H31N4O3S+. The van der Waals surface area contributed by atoms with Crippen molar-refractivity contribution in [3.05, 3.63) is 45.7 Å². The number of morpholine rings is 1. The SMILES string of the molecule is COCCNC(=S)N(CC[NH+]1CCOCC1)Cc1cc2cccc(C)c2[nH]c1=O. The first-order valence-corrected chi connectivity index (χ1v) is 10.5. The molecule has 1 fully saturated rings. The number of para-hydroxylation sites is 1. The maximum atomic E-state index is 12.7. The Kier molecular flexibility index (Phi) is 8.00. The Labute approximate surface area is 177 Å². The van der Waals surface area contributed by atoms with E-state index in [0.29, 0.717) is 24.8 Å². The molecule has 8 heteroatoms. The maximum absolute atomic E-state index is 12.7. The van der Waals surface area contributed by atoms with E-state index in [4.69, 9.17) is 21.7 Å². The van der Waals surface area contributed by atoms with E-state index in [9.17, 15) is 4.79 Å². The van der Waals surface area contributed by atoms with Crippen molar-refractivity contribution in [3.8, 4) is 0 Å². The molecule has 1 saturated heterocycles. The van der Waals surface area contributed by atoms with E-state index in [-0.39, 0.29) is 5.56 Å². The van der Waals surface area contributed by atoms with Crippen molar-refractivity contribution >= 4 is 28.2 Å². The van der Waals surface area contributed by atoms with E-state index in [0.717, 1.165) is 61.4 Å². The van der Waals surface area contributed by atoms with E-state index < -0.39 is 0 Å². The van der Waals surface area contributed by atoms with Gasteiger partial charge in [0.2, 0.25) is 0 Å². The van der Waals surface area contributed by atoms with Crippen LogP contribution >= 0.6 is 12.2 Å². The van der Waals surface area contributed by atoms with Gasteiger partial charge in [0.05, 0.1) is 45.0 Å². The van der Waals surface area contributed by atoms with E-state index >= 15 is 0 Å². The second kappa shape index (κ2) is 10.7. The molecule has 1 aliphatic heterocycles. The Bertz CT molecular complexity index is 880. The first-order valence-electron chi connectivity index (χ1n) is 10.1. The second-order valence-electron chi connectivity index (χ2n) is 7.42. The fourth-order valence-electron chi connectivity index (χ4n) is 3.58. The summed E-state index contributed by atoms with van der Waals surface area (Å²) in [4.78, 5) is 19.3.